The number of rotatable bonds is 4. The van der Waals surface area contributed by atoms with Gasteiger partial charge in [-0.15, -0.1) is 0 Å². The molecule has 20 heavy (non-hydrogen) atoms. The van der Waals surface area contributed by atoms with Crippen molar-refractivity contribution in [3.63, 3.8) is 0 Å². The van der Waals surface area contributed by atoms with Crippen LogP contribution in [0, 0.1) is 0 Å². The standard InChI is InChI=1S/C15H21ClN2O2/c1-10(11-3-5-12(16)6-4-11)18(2)15(19)14-8-7-13(9-17)20-14/h3-6,10,13-14H,7-9,17H2,1-2H3/t10?,13-,14+/m1/s1. The molecule has 1 aromatic rings. The van der Waals surface area contributed by atoms with Crippen molar-refractivity contribution in [2.24, 2.45) is 5.73 Å². The Morgan fingerprint density at radius 2 is 2.10 bits per heavy atom. The minimum Gasteiger partial charge on any atom is -0.364 e. The van der Waals surface area contributed by atoms with E-state index in [9.17, 15) is 4.79 Å². The van der Waals surface area contributed by atoms with E-state index in [-0.39, 0.29) is 24.2 Å². The van der Waals surface area contributed by atoms with E-state index in [0.717, 1.165) is 18.4 Å². The quantitative estimate of drug-likeness (QED) is 0.928. The summed E-state index contributed by atoms with van der Waals surface area (Å²) in [5.74, 6) is 0.0170. The first-order chi connectivity index (χ1) is 9.52. The lowest BCUT2D eigenvalue weighted by molar-refractivity contribution is -0.143. The molecule has 5 heteroatoms. The predicted octanol–water partition coefficient (Wildman–Crippen LogP) is 2.37. The molecule has 1 saturated heterocycles. The molecule has 1 amide bonds. The van der Waals surface area contributed by atoms with Crippen LogP contribution < -0.4 is 5.73 Å². The minimum atomic E-state index is -0.358. The molecule has 4 nitrogen and oxygen atoms in total. The molecule has 0 aromatic heterocycles. The third-order valence-electron chi connectivity index (χ3n) is 3.93. The summed E-state index contributed by atoms with van der Waals surface area (Å²) < 4.78 is 5.66. The van der Waals surface area contributed by atoms with Gasteiger partial charge in [-0.1, -0.05) is 23.7 Å². The number of ether oxygens (including phenoxy) is 1. The van der Waals surface area contributed by atoms with E-state index >= 15 is 0 Å². The van der Waals surface area contributed by atoms with Crippen molar-refractivity contribution in [1.82, 2.24) is 4.90 Å². The van der Waals surface area contributed by atoms with E-state index in [2.05, 4.69) is 0 Å². The number of carbonyl (C=O) groups excluding carboxylic acids is 1. The highest BCUT2D eigenvalue weighted by atomic mass is 35.5. The molecule has 0 bridgehead atoms. The lowest BCUT2D eigenvalue weighted by atomic mass is 10.1. The summed E-state index contributed by atoms with van der Waals surface area (Å²) in [6.45, 7) is 2.47. The first-order valence-corrected chi connectivity index (χ1v) is 7.28. The first kappa shape index (κ1) is 15.3. The first-order valence-electron chi connectivity index (χ1n) is 6.90. The maximum Gasteiger partial charge on any atom is 0.251 e. The summed E-state index contributed by atoms with van der Waals surface area (Å²) in [4.78, 5) is 14.2. The number of benzene rings is 1. The van der Waals surface area contributed by atoms with E-state index in [1.54, 1.807) is 11.9 Å². The number of nitrogens with zero attached hydrogens (tertiary/aromatic N) is 1. The van der Waals surface area contributed by atoms with Gasteiger partial charge in [0.05, 0.1) is 12.1 Å². The Morgan fingerprint density at radius 1 is 1.45 bits per heavy atom. The largest absolute Gasteiger partial charge is 0.364 e. The molecule has 1 unspecified atom stereocenters. The number of hydrogen-bond acceptors (Lipinski definition) is 3. The molecule has 1 aliphatic rings. The molecule has 110 valence electrons. The van der Waals surface area contributed by atoms with Gasteiger partial charge in [-0.3, -0.25) is 4.79 Å². The molecule has 3 atom stereocenters. The SMILES string of the molecule is CC(c1ccc(Cl)cc1)N(C)C(=O)[C@@H]1CC[C@H](CN)O1. The van der Waals surface area contributed by atoms with Crippen LogP contribution in [0.4, 0.5) is 0 Å². The molecule has 1 heterocycles. The van der Waals surface area contributed by atoms with Crippen LogP contribution in [0.15, 0.2) is 24.3 Å². The number of hydrogen-bond donors (Lipinski definition) is 1. The van der Waals surface area contributed by atoms with Crippen molar-refractivity contribution in [2.75, 3.05) is 13.6 Å². The lowest BCUT2D eigenvalue weighted by Crippen LogP contribution is -2.38. The summed E-state index contributed by atoms with van der Waals surface area (Å²) in [6, 6.07) is 7.54. The van der Waals surface area contributed by atoms with Crippen molar-refractivity contribution >= 4 is 17.5 Å². The summed E-state index contributed by atoms with van der Waals surface area (Å²) in [5.41, 5.74) is 6.63. The Morgan fingerprint density at radius 3 is 2.65 bits per heavy atom. The smallest absolute Gasteiger partial charge is 0.251 e. The predicted molar refractivity (Wildman–Crippen MR) is 79.6 cm³/mol. The van der Waals surface area contributed by atoms with Gasteiger partial charge in [-0.05, 0) is 37.5 Å². The highest BCUT2D eigenvalue weighted by molar-refractivity contribution is 6.30. The van der Waals surface area contributed by atoms with Gasteiger partial charge in [-0.2, -0.15) is 0 Å². The van der Waals surface area contributed by atoms with Crippen LogP contribution in [-0.4, -0.2) is 36.6 Å². The second-order valence-corrected chi connectivity index (χ2v) is 5.67. The third kappa shape index (κ3) is 3.32. The second kappa shape index (κ2) is 6.57. The topological polar surface area (TPSA) is 55.6 Å². The van der Waals surface area contributed by atoms with Gasteiger partial charge in [0.15, 0.2) is 0 Å². The van der Waals surface area contributed by atoms with Crippen LogP contribution in [0.25, 0.3) is 0 Å². The van der Waals surface area contributed by atoms with Crippen LogP contribution in [0.1, 0.15) is 31.4 Å². The van der Waals surface area contributed by atoms with Gasteiger partial charge in [-0.25, -0.2) is 0 Å². The van der Waals surface area contributed by atoms with Crippen LogP contribution in [0.3, 0.4) is 0 Å². The molecular formula is C15H21ClN2O2. The maximum absolute atomic E-state index is 12.4. The highest BCUT2D eigenvalue weighted by Gasteiger charge is 2.33. The Balaban J connectivity index is 2.01. The summed E-state index contributed by atoms with van der Waals surface area (Å²) in [7, 11) is 1.81. The van der Waals surface area contributed by atoms with Gasteiger partial charge < -0.3 is 15.4 Å². The average Bonchev–Trinajstić information content (AvgIpc) is 2.94. The molecule has 1 aliphatic heterocycles. The molecule has 1 aromatic carbocycles. The molecule has 1 fully saturated rings. The Hall–Kier alpha value is -1.10. The second-order valence-electron chi connectivity index (χ2n) is 5.24. The van der Waals surface area contributed by atoms with Gasteiger partial charge >= 0.3 is 0 Å². The fraction of sp³-hybridized carbons (Fsp3) is 0.533. The molecule has 0 aliphatic carbocycles. The van der Waals surface area contributed by atoms with Crippen molar-refractivity contribution in [3.05, 3.63) is 34.9 Å². The molecule has 2 rings (SSSR count). The van der Waals surface area contributed by atoms with Gasteiger partial charge in [0.1, 0.15) is 6.10 Å². The summed E-state index contributed by atoms with van der Waals surface area (Å²) >= 11 is 5.88. The fourth-order valence-electron chi connectivity index (χ4n) is 2.44. The van der Waals surface area contributed by atoms with Crippen LogP contribution in [-0.2, 0) is 9.53 Å². The van der Waals surface area contributed by atoms with Crippen molar-refractivity contribution < 1.29 is 9.53 Å². The average molecular weight is 297 g/mol. The van der Waals surface area contributed by atoms with Crippen LogP contribution >= 0.6 is 11.6 Å². The molecular weight excluding hydrogens is 276 g/mol. The molecule has 2 N–H and O–H groups in total. The van der Waals surface area contributed by atoms with E-state index in [1.807, 2.05) is 31.2 Å². The number of halogens is 1. The van der Waals surface area contributed by atoms with Crippen molar-refractivity contribution in [2.45, 2.75) is 38.0 Å². The van der Waals surface area contributed by atoms with Gasteiger partial charge in [0.2, 0.25) is 0 Å². The zero-order chi connectivity index (χ0) is 14.7. The van der Waals surface area contributed by atoms with Crippen molar-refractivity contribution in [3.8, 4) is 0 Å². The summed E-state index contributed by atoms with van der Waals surface area (Å²) in [5, 5.41) is 0.694. The minimum absolute atomic E-state index is 0.0136. The monoisotopic (exact) mass is 296 g/mol. The third-order valence-corrected chi connectivity index (χ3v) is 4.18. The highest BCUT2D eigenvalue weighted by Crippen LogP contribution is 2.25. The van der Waals surface area contributed by atoms with Gasteiger partial charge in [0.25, 0.3) is 5.91 Å². The fourth-order valence-corrected chi connectivity index (χ4v) is 2.57. The lowest BCUT2D eigenvalue weighted by Gasteiger charge is -2.28. The van der Waals surface area contributed by atoms with E-state index in [1.165, 1.54) is 0 Å². The van der Waals surface area contributed by atoms with E-state index in [4.69, 9.17) is 22.1 Å². The molecule has 0 saturated carbocycles. The number of amides is 1. The van der Waals surface area contributed by atoms with Gasteiger partial charge in [0, 0.05) is 18.6 Å². The van der Waals surface area contributed by atoms with Crippen LogP contribution in [0.5, 0.6) is 0 Å². The molecule has 0 radical (unpaired) electrons. The number of nitrogens with two attached hydrogens (primary N) is 1. The zero-order valence-corrected chi connectivity index (χ0v) is 12.6. The maximum atomic E-state index is 12.4. The Kier molecular flexibility index (Phi) is 5.02. The van der Waals surface area contributed by atoms with E-state index in [0.29, 0.717) is 11.6 Å². The normalized spacial score (nSPS) is 23.6. The Bertz CT molecular complexity index is 463. The van der Waals surface area contributed by atoms with Crippen molar-refractivity contribution in [1.29, 1.82) is 0 Å². The number of carbonyl (C=O) groups is 1. The van der Waals surface area contributed by atoms with Crippen LogP contribution in [0.2, 0.25) is 5.02 Å². The summed E-state index contributed by atoms with van der Waals surface area (Å²) in [6.07, 6.45) is 1.26. The number of likely N-dealkylation sites (N-methyl/N-ethyl adjacent to an activating group) is 1. The Labute approximate surface area is 124 Å². The van der Waals surface area contributed by atoms with E-state index < -0.39 is 0 Å². The molecule has 0 spiro atoms. The zero-order valence-electron chi connectivity index (χ0n) is 11.9.